The first-order valence-electron chi connectivity index (χ1n) is 2.51. The van der Waals surface area contributed by atoms with E-state index in [2.05, 4.69) is 4.98 Å². The molecule has 0 atom stereocenters. The Bertz CT molecular complexity index is 265. The summed E-state index contributed by atoms with van der Waals surface area (Å²) >= 11 is 0. The van der Waals surface area contributed by atoms with Crippen LogP contribution in [0.5, 0.6) is 0 Å². The number of nitrogen functional groups attached to an aromatic ring is 1. The molecular formula is C5H7N3O. The van der Waals surface area contributed by atoms with E-state index in [0.29, 0.717) is 5.82 Å². The SMILES string of the molecule is Cc1nc(=O)ccn1N. The topological polar surface area (TPSA) is 60.9 Å². The normalized spacial score (nSPS) is 9.44. The Hall–Kier alpha value is -1.32. The second-order valence-electron chi connectivity index (χ2n) is 1.72. The van der Waals surface area contributed by atoms with Crippen molar-refractivity contribution in [1.82, 2.24) is 9.66 Å². The van der Waals surface area contributed by atoms with Gasteiger partial charge in [0.1, 0.15) is 5.82 Å². The van der Waals surface area contributed by atoms with Gasteiger partial charge in [-0.3, -0.25) is 9.47 Å². The fourth-order valence-electron chi connectivity index (χ4n) is 0.506. The zero-order valence-electron chi connectivity index (χ0n) is 5.03. The third-order valence-electron chi connectivity index (χ3n) is 1.02. The Balaban J connectivity index is 3.34. The summed E-state index contributed by atoms with van der Waals surface area (Å²) in [7, 11) is 0. The first-order valence-corrected chi connectivity index (χ1v) is 2.51. The van der Waals surface area contributed by atoms with Crippen molar-refractivity contribution in [2.75, 3.05) is 5.84 Å². The van der Waals surface area contributed by atoms with Crippen molar-refractivity contribution < 1.29 is 0 Å². The van der Waals surface area contributed by atoms with Gasteiger partial charge in [0.15, 0.2) is 0 Å². The maximum Gasteiger partial charge on any atom is 0.272 e. The lowest BCUT2D eigenvalue weighted by Gasteiger charge is -1.97. The van der Waals surface area contributed by atoms with Gasteiger partial charge in [-0.05, 0) is 6.92 Å². The van der Waals surface area contributed by atoms with Crippen molar-refractivity contribution in [3.05, 3.63) is 28.4 Å². The number of hydrogen-bond acceptors (Lipinski definition) is 3. The second kappa shape index (κ2) is 1.89. The predicted molar refractivity (Wildman–Crippen MR) is 33.4 cm³/mol. The average molecular weight is 125 g/mol. The van der Waals surface area contributed by atoms with E-state index < -0.39 is 0 Å². The molecule has 0 aliphatic heterocycles. The summed E-state index contributed by atoms with van der Waals surface area (Å²) in [4.78, 5) is 14.0. The van der Waals surface area contributed by atoms with Crippen molar-refractivity contribution in [2.24, 2.45) is 0 Å². The first-order chi connectivity index (χ1) is 4.20. The number of aryl methyl sites for hydroxylation is 1. The van der Waals surface area contributed by atoms with Crippen molar-refractivity contribution in [2.45, 2.75) is 6.92 Å². The molecule has 0 aromatic carbocycles. The quantitative estimate of drug-likeness (QED) is 0.465. The van der Waals surface area contributed by atoms with E-state index in [-0.39, 0.29) is 5.56 Å². The maximum absolute atomic E-state index is 10.5. The third-order valence-corrected chi connectivity index (χ3v) is 1.02. The largest absolute Gasteiger partial charge is 0.338 e. The molecule has 1 rings (SSSR count). The average Bonchev–Trinajstić information content (AvgIpc) is 1.80. The maximum atomic E-state index is 10.5. The number of nitrogens with two attached hydrogens (primary N) is 1. The molecule has 0 radical (unpaired) electrons. The molecule has 0 saturated carbocycles. The molecule has 2 N–H and O–H groups in total. The molecule has 1 heterocycles. The van der Waals surface area contributed by atoms with Crippen LogP contribution in [-0.4, -0.2) is 9.66 Å². The fourth-order valence-corrected chi connectivity index (χ4v) is 0.506. The van der Waals surface area contributed by atoms with E-state index in [1.54, 1.807) is 6.92 Å². The standard InChI is InChI=1S/C5H7N3O/c1-4-7-5(9)2-3-8(4)6/h2-3H,6H2,1H3. The lowest BCUT2D eigenvalue weighted by Crippen LogP contribution is -2.18. The number of hydrogen-bond donors (Lipinski definition) is 1. The Morgan fingerprint density at radius 2 is 2.44 bits per heavy atom. The van der Waals surface area contributed by atoms with Crippen LogP contribution in [0.15, 0.2) is 17.1 Å². The van der Waals surface area contributed by atoms with Crippen LogP contribution in [0.25, 0.3) is 0 Å². The molecule has 0 spiro atoms. The van der Waals surface area contributed by atoms with Gasteiger partial charge in [-0.25, -0.2) is 0 Å². The Kier molecular flexibility index (Phi) is 1.22. The number of nitrogens with zero attached hydrogens (tertiary/aromatic N) is 2. The Morgan fingerprint density at radius 3 is 2.89 bits per heavy atom. The van der Waals surface area contributed by atoms with E-state index in [9.17, 15) is 4.79 Å². The van der Waals surface area contributed by atoms with Crippen LogP contribution in [0.4, 0.5) is 0 Å². The van der Waals surface area contributed by atoms with Crippen LogP contribution < -0.4 is 11.4 Å². The Morgan fingerprint density at radius 1 is 1.78 bits per heavy atom. The van der Waals surface area contributed by atoms with E-state index >= 15 is 0 Å². The van der Waals surface area contributed by atoms with Crippen molar-refractivity contribution in [1.29, 1.82) is 0 Å². The molecule has 0 bridgehead atoms. The molecule has 4 heteroatoms. The summed E-state index contributed by atoms with van der Waals surface area (Å²) in [5, 5.41) is 0. The minimum absolute atomic E-state index is 0.255. The highest BCUT2D eigenvalue weighted by Crippen LogP contribution is 1.79. The van der Waals surface area contributed by atoms with Crippen LogP contribution in [0.1, 0.15) is 5.82 Å². The van der Waals surface area contributed by atoms with Crippen molar-refractivity contribution in [3.8, 4) is 0 Å². The van der Waals surface area contributed by atoms with E-state index in [1.165, 1.54) is 16.9 Å². The van der Waals surface area contributed by atoms with Gasteiger partial charge in [0, 0.05) is 12.3 Å². The molecule has 4 nitrogen and oxygen atoms in total. The van der Waals surface area contributed by atoms with Crippen LogP contribution in [0.2, 0.25) is 0 Å². The van der Waals surface area contributed by atoms with Crippen molar-refractivity contribution >= 4 is 0 Å². The van der Waals surface area contributed by atoms with Gasteiger partial charge >= 0.3 is 0 Å². The van der Waals surface area contributed by atoms with Gasteiger partial charge in [-0.15, -0.1) is 0 Å². The zero-order valence-corrected chi connectivity index (χ0v) is 5.03. The van der Waals surface area contributed by atoms with Crippen LogP contribution in [0, 0.1) is 6.92 Å². The lowest BCUT2D eigenvalue weighted by atomic mass is 10.6. The summed E-state index contributed by atoms with van der Waals surface area (Å²) < 4.78 is 1.29. The molecule has 0 amide bonds. The van der Waals surface area contributed by atoms with Crippen LogP contribution >= 0.6 is 0 Å². The molecule has 1 aromatic rings. The van der Waals surface area contributed by atoms with Crippen LogP contribution in [-0.2, 0) is 0 Å². The van der Waals surface area contributed by atoms with Gasteiger partial charge in [0.05, 0.1) is 0 Å². The summed E-state index contributed by atoms with van der Waals surface area (Å²) in [6, 6.07) is 1.31. The van der Waals surface area contributed by atoms with E-state index in [0.717, 1.165) is 0 Å². The smallest absolute Gasteiger partial charge is 0.272 e. The predicted octanol–water partition coefficient (Wildman–Crippen LogP) is -0.734. The highest BCUT2D eigenvalue weighted by Gasteiger charge is 1.88. The van der Waals surface area contributed by atoms with Gasteiger partial charge in [-0.2, -0.15) is 4.98 Å². The van der Waals surface area contributed by atoms with Gasteiger partial charge in [0.25, 0.3) is 5.56 Å². The second-order valence-corrected chi connectivity index (χ2v) is 1.72. The highest BCUT2D eigenvalue weighted by atomic mass is 16.1. The van der Waals surface area contributed by atoms with Gasteiger partial charge in [-0.1, -0.05) is 0 Å². The summed E-state index contributed by atoms with van der Waals surface area (Å²) in [5.41, 5.74) is -0.255. The highest BCUT2D eigenvalue weighted by molar-refractivity contribution is 4.89. The monoisotopic (exact) mass is 125 g/mol. The van der Waals surface area contributed by atoms with E-state index in [4.69, 9.17) is 5.84 Å². The first kappa shape index (κ1) is 5.81. The number of aromatic nitrogens is 2. The fraction of sp³-hybridized carbons (Fsp3) is 0.200. The summed E-state index contributed by atoms with van der Waals surface area (Å²) in [5.74, 6) is 5.82. The molecule has 9 heavy (non-hydrogen) atoms. The Labute approximate surface area is 51.9 Å². The van der Waals surface area contributed by atoms with Crippen LogP contribution in [0.3, 0.4) is 0 Å². The summed E-state index contributed by atoms with van der Waals surface area (Å²) in [6.45, 7) is 1.67. The molecule has 0 unspecified atom stereocenters. The zero-order chi connectivity index (χ0) is 6.85. The molecular weight excluding hydrogens is 118 g/mol. The lowest BCUT2D eigenvalue weighted by molar-refractivity contribution is 0.852. The molecule has 0 aliphatic carbocycles. The third kappa shape index (κ3) is 1.07. The molecule has 0 fully saturated rings. The number of rotatable bonds is 0. The molecule has 0 saturated heterocycles. The molecule has 1 aromatic heterocycles. The van der Waals surface area contributed by atoms with Gasteiger partial charge < -0.3 is 5.84 Å². The summed E-state index contributed by atoms with van der Waals surface area (Å²) in [6.07, 6.45) is 1.48. The molecule has 0 aliphatic rings. The van der Waals surface area contributed by atoms with E-state index in [1.807, 2.05) is 0 Å². The molecule has 48 valence electrons. The minimum atomic E-state index is -0.255. The van der Waals surface area contributed by atoms with Gasteiger partial charge in [0.2, 0.25) is 0 Å². The van der Waals surface area contributed by atoms with Crippen molar-refractivity contribution in [3.63, 3.8) is 0 Å². The minimum Gasteiger partial charge on any atom is -0.338 e.